The molecule has 178 valence electrons. The van der Waals surface area contributed by atoms with Crippen LogP contribution in [-0.4, -0.2) is 38.9 Å². The number of amides is 2. The van der Waals surface area contributed by atoms with Gasteiger partial charge in [-0.05, 0) is 50.2 Å². The lowest BCUT2D eigenvalue weighted by molar-refractivity contribution is -0.117. The number of hydrogen-bond donors (Lipinski definition) is 1. The van der Waals surface area contributed by atoms with Gasteiger partial charge in [-0.3, -0.25) is 19.5 Å². The highest BCUT2D eigenvalue weighted by molar-refractivity contribution is 6.33. The molecule has 0 saturated carbocycles. The van der Waals surface area contributed by atoms with E-state index in [-0.39, 0.29) is 30.3 Å². The van der Waals surface area contributed by atoms with E-state index in [0.717, 1.165) is 5.56 Å². The number of nitrogens with zero attached hydrogens (tertiary/aromatic N) is 3. The average molecular weight is 491 g/mol. The van der Waals surface area contributed by atoms with E-state index < -0.39 is 5.91 Å². The van der Waals surface area contributed by atoms with Crippen molar-refractivity contribution in [3.63, 3.8) is 0 Å². The standard InChI is InChI=1S/C27H24ClFN4O2/c1-18(2)32(26(35)22-10-6-7-11-23(22)28)17-25(34)31-27-30-24(19-8-4-3-5-9-19)16-33(27)21-14-12-20(29)13-15-21/h3-16,18H,17H2,1-2H3,(H,30,31,34). The second kappa shape index (κ2) is 10.5. The maximum Gasteiger partial charge on any atom is 0.256 e. The van der Waals surface area contributed by atoms with E-state index in [1.54, 1.807) is 47.2 Å². The molecule has 3 aromatic carbocycles. The lowest BCUT2D eigenvalue weighted by Gasteiger charge is -2.26. The molecule has 0 fully saturated rings. The molecule has 2 amide bonds. The maximum atomic E-state index is 13.5. The summed E-state index contributed by atoms with van der Waals surface area (Å²) in [5.41, 5.74) is 2.46. The molecule has 1 N–H and O–H groups in total. The molecule has 35 heavy (non-hydrogen) atoms. The molecule has 6 nitrogen and oxygen atoms in total. The van der Waals surface area contributed by atoms with Crippen LogP contribution in [-0.2, 0) is 4.79 Å². The molecule has 0 aliphatic carbocycles. The third-order valence-electron chi connectivity index (χ3n) is 5.43. The second-order valence-electron chi connectivity index (χ2n) is 8.22. The van der Waals surface area contributed by atoms with E-state index in [2.05, 4.69) is 10.3 Å². The quantitative estimate of drug-likeness (QED) is 0.355. The molecule has 8 heteroatoms. The monoisotopic (exact) mass is 490 g/mol. The van der Waals surface area contributed by atoms with Crippen LogP contribution < -0.4 is 5.32 Å². The number of halogens is 2. The Hall–Kier alpha value is -3.97. The summed E-state index contributed by atoms with van der Waals surface area (Å²) in [6.45, 7) is 3.46. The topological polar surface area (TPSA) is 67.2 Å². The highest BCUT2D eigenvalue weighted by Crippen LogP contribution is 2.25. The zero-order valence-electron chi connectivity index (χ0n) is 19.3. The zero-order chi connectivity index (χ0) is 24.9. The Bertz CT molecular complexity index is 1340. The van der Waals surface area contributed by atoms with Crippen LogP contribution in [0.2, 0.25) is 5.02 Å². The van der Waals surface area contributed by atoms with Gasteiger partial charge in [0.25, 0.3) is 5.91 Å². The number of carbonyl (C=O) groups is 2. The van der Waals surface area contributed by atoms with Gasteiger partial charge in [0.15, 0.2) is 0 Å². The number of aromatic nitrogens is 2. The third kappa shape index (κ3) is 5.58. The lowest BCUT2D eigenvalue weighted by Crippen LogP contribution is -2.42. The number of carbonyl (C=O) groups excluding carboxylic acids is 2. The van der Waals surface area contributed by atoms with Gasteiger partial charge in [-0.1, -0.05) is 54.1 Å². The molecule has 1 heterocycles. The average Bonchev–Trinajstić information content (AvgIpc) is 3.27. The van der Waals surface area contributed by atoms with Crippen molar-refractivity contribution in [2.75, 3.05) is 11.9 Å². The molecule has 0 unspecified atom stereocenters. The number of imidazole rings is 1. The minimum Gasteiger partial charge on any atom is -0.327 e. The van der Waals surface area contributed by atoms with Crippen molar-refractivity contribution < 1.29 is 14.0 Å². The number of anilines is 1. The molecular weight excluding hydrogens is 467 g/mol. The summed E-state index contributed by atoms with van der Waals surface area (Å²) in [6, 6.07) is 21.9. The fourth-order valence-corrected chi connectivity index (χ4v) is 3.83. The minimum atomic E-state index is -0.423. The first-order chi connectivity index (χ1) is 16.8. The largest absolute Gasteiger partial charge is 0.327 e. The van der Waals surface area contributed by atoms with Crippen LogP contribution in [0.1, 0.15) is 24.2 Å². The number of rotatable bonds is 7. The highest BCUT2D eigenvalue weighted by Gasteiger charge is 2.24. The smallest absolute Gasteiger partial charge is 0.256 e. The van der Waals surface area contributed by atoms with E-state index in [1.807, 2.05) is 44.2 Å². The molecule has 0 bridgehead atoms. The van der Waals surface area contributed by atoms with E-state index in [1.165, 1.54) is 17.0 Å². The van der Waals surface area contributed by atoms with Crippen LogP contribution in [0, 0.1) is 5.82 Å². The van der Waals surface area contributed by atoms with Gasteiger partial charge in [-0.15, -0.1) is 0 Å². The van der Waals surface area contributed by atoms with Crippen molar-refractivity contribution in [2.24, 2.45) is 0 Å². The van der Waals surface area contributed by atoms with Gasteiger partial charge in [0.2, 0.25) is 11.9 Å². The summed E-state index contributed by atoms with van der Waals surface area (Å²) in [7, 11) is 0. The van der Waals surface area contributed by atoms with Crippen molar-refractivity contribution in [3.05, 3.63) is 101 Å². The van der Waals surface area contributed by atoms with Crippen LogP contribution in [0.5, 0.6) is 0 Å². The molecule has 0 radical (unpaired) electrons. The summed E-state index contributed by atoms with van der Waals surface area (Å²) in [4.78, 5) is 32.2. The van der Waals surface area contributed by atoms with Gasteiger partial charge in [0, 0.05) is 23.5 Å². The Morgan fingerprint density at radius 2 is 1.66 bits per heavy atom. The SMILES string of the molecule is CC(C)N(CC(=O)Nc1nc(-c2ccccc2)cn1-c1ccc(F)cc1)C(=O)c1ccccc1Cl. The van der Waals surface area contributed by atoms with E-state index in [0.29, 0.717) is 22.0 Å². The zero-order valence-corrected chi connectivity index (χ0v) is 20.0. The van der Waals surface area contributed by atoms with Crippen molar-refractivity contribution >= 4 is 29.4 Å². The van der Waals surface area contributed by atoms with Crippen molar-refractivity contribution in [1.29, 1.82) is 0 Å². The van der Waals surface area contributed by atoms with E-state index in [4.69, 9.17) is 11.6 Å². The molecule has 4 aromatic rings. The first-order valence-corrected chi connectivity index (χ1v) is 11.5. The molecule has 0 aliphatic rings. The molecule has 0 atom stereocenters. The fourth-order valence-electron chi connectivity index (χ4n) is 3.61. The van der Waals surface area contributed by atoms with Crippen LogP contribution in [0.15, 0.2) is 85.1 Å². The molecule has 0 saturated heterocycles. The predicted molar refractivity (Wildman–Crippen MR) is 135 cm³/mol. The second-order valence-corrected chi connectivity index (χ2v) is 8.62. The third-order valence-corrected chi connectivity index (χ3v) is 5.76. The number of benzene rings is 3. The Balaban J connectivity index is 1.62. The summed E-state index contributed by atoms with van der Waals surface area (Å²) < 4.78 is 15.2. The Labute approximate surface area is 208 Å². The Morgan fingerprint density at radius 1 is 1.00 bits per heavy atom. The summed E-state index contributed by atoms with van der Waals surface area (Å²) in [5, 5.41) is 3.13. The van der Waals surface area contributed by atoms with E-state index >= 15 is 0 Å². The molecule has 0 aliphatic heterocycles. The van der Waals surface area contributed by atoms with E-state index in [9.17, 15) is 14.0 Å². The van der Waals surface area contributed by atoms with Crippen LogP contribution >= 0.6 is 11.6 Å². The van der Waals surface area contributed by atoms with Crippen molar-refractivity contribution in [1.82, 2.24) is 14.5 Å². The van der Waals surface area contributed by atoms with Gasteiger partial charge in [0.05, 0.1) is 16.3 Å². The van der Waals surface area contributed by atoms with Gasteiger partial charge >= 0.3 is 0 Å². The summed E-state index contributed by atoms with van der Waals surface area (Å²) in [5.74, 6) is -0.872. The van der Waals surface area contributed by atoms with Crippen molar-refractivity contribution in [2.45, 2.75) is 19.9 Å². The van der Waals surface area contributed by atoms with Crippen LogP contribution in [0.25, 0.3) is 16.9 Å². The lowest BCUT2D eigenvalue weighted by atomic mass is 10.1. The Morgan fingerprint density at radius 3 is 2.31 bits per heavy atom. The number of nitrogens with one attached hydrogen (secondary N) is 1. The van der Waals surface area contributed by atoms with Crippen LogP contribution in [0.4, 0.5) is 10.3 Å². The highest BCUT2D eigenvalue weighted by atomic mass is 35.5. The molecular formula is C27H24ClFN4O2. The summed E-state index contributed by atoms with van der Waals surface area (Å²) >= 11 is 6.21. The first kappa shape index (κ1) is 24.2. The fraction of sp³-hybridized carbons (Fsp3) is 0.148. The minimum absolute atomic E-state index is 0.196. The molecule has 4 rings (SSSR count). The van der Waals surface area contributed by atoms with Crippen molar-refractivity contribution in [3.8, 4) is 16.9 Å². The Kier molecular flexibility index (Phi) is 7.27. The van der Waals surface area contributed by atoms with Gasteiger partial charge in [0.1, 0.15) is 12.4 Å². The predicted octanol–water partition coefficient (Wildman–Crippen LogP) is 5.82. The normalized spacial score (nSPS) is 10.9. The first-order valence-electron chi connectivity index (χ1n) is 11.1. The number of hydrogen-bond acceptors (Lipinski definition) is 3. The molecule has 0 spiro atoms. The maximum absolute atomic E-state index is 13.5. The van der Waals surface area contributed by atoms with Crippen LogP contribution in [0.3, 0.4) is 0 Å². The van der Waals surface area contributed by atoms with Gasteiger partial charge < -0.3 is 4.90 Å². The molecule has 1 aromatic heterocycles. The van der Waals surface area contributed by atoms with Gasteiger partial charge in [-0.25, -0.2) is 9.37 Å². The van der Waals surface area contributed by atoms with Gasteiger partial charge in [-0.2, -0.15) is 0 Å². The summed E-state index contributed by atoms with van der Waals surface area (Å²) in [6.07, 6.45) is 1.77.